The molecule has 10 rings (SSSR count). The average molecular weight is 836 g/mol. The van der Waals surface area contributed by atoms with Gasteiger partial charge in [-0.15, -0.1) is 20.4 Å². The van der Waals surface area contributed by atoms with Crippen LogP contribution in [0.1, 0.15) is 31.2 Å². The van der Waals surface area contributed by atoms with Crippen molar-refractivity contribution < 1.29 is 14.7 Å². The lowest BCUT2D eigenvalue weighted by Gasteiger charge is -2.01. The molecule has 8 aromatic rings. The average Bonchev–Trinajstić information content (AvgIpc) is 4.07. The number of nitrogens with one attached hydrogen (secondary N) is 2. The Kier molecular flexibility index (Phi) is 9.35. The largest absolute Gasteiger partial charge is 0.384 e. The standard InChI is InChI=1S/C19H15N7O2S.C16H12BrN7OS/c27-9-1-2-12-3-6-16-22-23-19(25(16)10-12)29-17-8-7-15-20-14(11-26(15)24-17)21-18(28)13-4-5-13;17-10-3-4-13-20-21-16(23(13)7-10)26-14-6-5-12-18-11(8-24(12)22-14)19-15(25)9-1-2-9/h3,6-8,10-11,13,27H,4-5,9H2,(H,21,28);3-9H,1-2H2,(H,19,25). The molecule has 0 radical (unpaired) electrons. The zero-order valence-electron chi connectivity index (χ0n) is 28.4. The van der Waals surface area contributed by atoms with Crippen LogP contribution in [0.5, 0.6) is 0 Å². The van der Waals surface area contributed by atoms with E-state index in [2.05, 4.69) is 79.0 Å². The Morgan fingerprint density at radius 3 is 1.73 bits per heavy atom. The van der Waals surface area contributed by atoms with Gasteiger partial charge in [0.05, 0.1) is 12.4 Å². The first-order chi connectivity index (χ1) is 26.8. The van der Waals surface area contributed by atoms with Crippen LogP contribution >= 0.6 is 39.5 Å². The molecule has 0 aliphatic heterocycles. The normalized spacial score (nSPS) is 13.8. The van der Waals surface area contributed by atoms with Gasteiger partial charge in [0.15, 0.2) is 34.2 Å². The van der Waals surface area contributed by atoms with E-state index in [4.69, 9.17) is 5.11 Å². The Morgan fingerprint density at radius 1 is 0.691 bits per heavy atom. The molecule has 0 bridgehead atoms. The van der Waals surface area contributed by atoms with Crippen LogP contribution in [-0.4, -0.2) is 81.9 Å². The van der Waals surface area contributed by atoms with Crippen LogP contribution in [-0.2, 0) is 9.59 Å². The van der Waals surface area contributed by atoms with Crippen LogP contribution in [0, 0.1) is 23.7 Å². The van der Waals surface area contributed by atoms with Crippen LogP contribution in [0.2, 0.25) is 0 Å². The number of imidazole rings is 2. The van der Waals surface area contributed by atoms with Gasteiger partial charge in [-0.1, -0.05) is 11.8 Å². The van der Waals surface area contributed by atoms with Crippen molar-refractivity contribution in [3.63, 3.8) is 0 Å². The van der Waals surface area contributed by atoms with E-state index < -0.39 is 0 Å². The number of carbonyl (C=O) groups excluding carboxylic acids is 2. The maximum Gasteiger partial charge on any atom is 0.228 e. The van der Waals surface area contributed by atoms with Gasteiger partial charge in [-0.3, -0.25) is 18.4 Å². The zero-order valence-corrected chi connectivity index (χ0v) is 31.7. The summed E-state index contributed by atoms with van der Waals surface area (Å²) >= 11 is 6.22. The molecule has 17 nitrogen and oxygen atoms in total. The predicted octanol–water partition coefficient (Wildman–Crippen LogP) is 4.65. The van der Waals surface area contributed by atoms with Crippen LogP contribution in [0.15, 0.2) is 98.2 Å². The molecule has 274 valence electrons. The number of fused-ring (bicyclic) bond motifs is 4. The van der Waals surface area contributed by atoms with E-state index >= 15 is 0 Å². The fraction of sp³-hybridized carbons (Fsp3) is 0.200. The first-order valence-corrected chi connectivity index (χ1v) is 19.4. The molecule has 8 heterocycles. The van der Waals surface area contributed by atoms with Crippen molar-refractivity contribution in [3.8, 4) is 11.8 Å². The summed E-state index contributed by atoms with van der Waals surface area (Å²) in [5, 5.41) is 43.2. The number of anilines is 2. The molecular weight excluding hydrogens is 809 g/mol. The second-order valence-corrected chi connectivity index (χ2v) is 15.5. The summed E-state index contributed by atoms with van der Waals surface area (Å²) in [4.78, 5) is 32.6. The van der Waals surface area contributed by atoms with Crippen LogP contribution < -0.4 is 10.6 Å². The number of amides is 2. The van der Waals surface area contributed by atoms with E-state index in [1.807, 2.05) is 69.7 Å². The zero-order chi connectivity index (χ0) is 37.5. The molecule has 3 N–H and O–H groups in total. The Hall–Kier alpha value is -5.88. The highest BCUT2D eigenvalue weighted by Crippen LogP contribution is 2.32. The summed E-state index contributed by atoms with van der Waals surface area (Å²) in [6.07, 6.45) is 11.0. The Morgan fingerprint density at radius 2 is 1.20 bits per heavy atom. The third-order valence-corrected chi connectivity index (χ3v) is 10.6. The number of aliphatic hydroxyl groups is 1. The first-order valence-electron chi connectivity index (χ1n) is 17.0. The fourth-order valence-electron chi connectivity index (χ4n) is 5.36. The molecule has 2 fully saturated rings. The number of pyridine rings is 2. The summed E-state index contributed by atoms with van der Waals surface area (Å²) in [6.45, 7) is -0.195. The second kappa shape index (κ2) is 14.7. The van der Waals surface area contributed by atoms with Gasteiger partial charge in [0.1, 0.15) is 16.7 Å². The third kappa shape index (κ3) is 7.86. The number of carbonyl (C=O) groups is 2. The Bertz CT molecular complexity index is 2830. The van der Waals surface area contributed by atoms with Gasteiger partial charge in [-0.05, 0) is 114 Å². The molecule has 2 saturated carbocycles. The van der Waals surface area contributed by atoms with Gasteiger partial charge in [-0.2, -0.15) is 10.2 Å². The molecule has 55 heavy (non-hydrogen) atoms. The molecular formula is C35H27BrN14O3S2. The summed E-state index contributed by atoms with van der Waals surface area (Å²) in [7, 11) is 0. The molecule has 8 aromatic heterocycles. The van der Waals surface area contributed by atoms with Crippen molar-refractivity contribution in [1.82, 2.24) is 58.4 Å². The predicted molar refractivity (Wildman–Crippen MR) is 205 cm³/mol. The number of halogens is 1. The SMILES string of the molecule is O=C(Nc1cn2nc(Sc3nnc4ccc(Br)cn34)ccc2n1)C1CC1.O=C(Nc1cn2nc(Sc3nnc4ccc(C#CCO)cn34)ccc2n1)C1CC1. The van der Waals surface area contributed by atoms with Crippen molar-refractivity contribution >= 4 is 85.5 Å². The number of rotatable bonds is 8. The van der Waals surface area contributed by atoms with Crippen molar-refractivity contribution in [2.75, 3.05) is 17.2 Å². The van der Waals surface area contributed by atoms with Crippen LogP contribution in [0.25, 0.3) is 22.6 Å². The Labute approximate surface area is 327 Å². The molecule has 20 heteroatoms. The lowest BCUT2D eigenvalue weighted by atomic mass is 10.3. The highest BCUT2D eigenvalue weighted by molar-refractivity contribution is 9.10. The molecule has 0 unspecified atom stereocenters. The lowest BCUT2D eigenvalue weighted by Crippen LogP contribution is -2.13. The third-order valence-electron chi connectivity index (χ3n) is 8.40. The van der Waals surface area contributed by atoms with Gasteiger partial charge < -0.3 is 15.7 Å². The van der Waals surface area contributed by atoms with Crippen LogP contribution in [0.3, 0.4) is 0 Å². The number of aromatic nitrogens is 12. The van der Waals surface area contributed by atoms with Gasteiger partial charge in [0.2, 0.25) is 22.1 Å². The number of nitrogens with zero attached hydrogens (tertiary/aromatic N) is 12. The van der Waals surface area contributed by atoms with E-state index in [-0.39, 0.29) is 30.3 Å². The fourth-order valence-corrected chi connectivity index (χ4v) is 7.25. The molecule has 0 spiro atoms. The molecule has 0 atom stereocenters. The van der Waals surface area contributed by atoms with Crippen molar-refractivity contribution in [2.24, 2.45) is 11.8 Å². The smallest absolute Gasteiger partial charge is 0.228 e. The van der Waals surface area contributed by atoms with Crippen LogP contribution in [0.4, 0.5) is 11.6 Å². The maximum atomic E-state index is 11.9. The van der Waals surface area contributed by atoms with E-state index in [1.54, 1.807) is 21.4 Å². The maximum absolute atomic E-state index is 11.9. The minimum atomic E-state index is -0.195. The molecule has 2 aliphatic rings. The Balaban J connectivity index is 0.000000145. The minimum absolute atomic E-state index is 0.0121. The van der Waals surface area contributed by atoms with Crippen molar-refractivity contribution in [3.05, 3.63) is 83.4 Å². The first kappa shape index (κ1) is 34.9. The summed E-state index contributed by atoms with van der Waals surface area (Å²) in [5.74, 6) is 6.82. The number of hydrogen-bond donors (Lipinski definition) is 3. The molecule has 0 saturated heterocycles. The minimum Gasteiger partial charge on any atom is -0.384 e. The van der Waals surface area contributed by atoms with Crippen molar-refractivity contribution in [1.29, 1.82) is 0 Å². The van der Waals surface area contributed by atoms with Gasteiger partial charge in [0, 0.05) is 34.3 Å². The lowest BCUT2D eigenvalue weighted by molar-refractivity contribution is -0.118. The van der Waals surface area contributed by atoms with Crippen molar-refractivity contribution in [2.45, 2.75) is 46.0 Å². The quantitative estimate of drug-likeness (QED) is 0.179. The summed E-state index contributed by atoms with van der Waals surface area (Å²) in [6, 6.07) is 14.9. The summed E-state index contributed by atoms with van der Waals surface area (Å²) < 4.78 is 7.96. The second-order valence-electron chi connectivity index (χ2n) is 12.6. The highest BCUT2D eigenvalue weighted by atomic mass is 79.9. The summed E-state index contributed by atoms with van der Waals surface area (Å²) in [5.41, 5.74) is 3.53. The molecule has 0 aromatic carbocycles. The number of hydrogen-bond acceptors (Lipinski definition) is 13. The van der Waals surface area contributed by atoms with Gasteiger partial charge in [0.25, 0.3) is 0 Å². The van der Waals surface area contributed by atoms with Gasteiger partial charge >= 0.3 is 0 Å². The molecule has 2 amide bonds. The highest BCUT2D eigenvalue weighted by Gasteiger charge is 2.31. The topological polar surface area (TPSA) is 199 Å². The van der Waals surface area contributed by atoms with E-state index in [0.29, 0.717) is 38.8 Å². The van der Waals surface area contributed by atoms with E-state index in [1.165, 1.54) is 23.5 Å². The van der Waals surface area contributed by atoms with Gasteiger partial charge in [-0.25, -0.2) is 19.0 Å². The monoisotopic (exact) mass is 834 g/mol. The van der Waals surface area contributed by atoms with E-state index in [0.717, 1.165) is 51.5 Å². The van der Waals surface area contributed by atoms with E-state index in [9.17, 15) is 9.59 Å². The molecule has 2 aliphatic carbocycles. The number of aliphatic hydroxyl groups excluding tert-OH is 1.